The van der Waals surface area contributed by atoms with Crippen LogP contribution < -0.4 is 0 Å². The highest BCUT2D eigenvalue weighted by Crippen LogP contribution is 2.21. The first-order valence-electron chi connectivity index (χ1n) is 5.92. The third-order valence-electron chi connectivity index (χ3n) is 2.76. The van der Waals surface area contributed by atoms with Crippen LogP contribution in [0, 0.1) is 0 Å². The molecule has 0 fully saturated rings. The van der Waals surface area contributed by atoms with Gasteiger partial charge in [0.15, 0.2) is 0 Å². The molecule has 4 nitrogen and oxygen atoms in total. The molecule has 0 aromatic heterocycles. The third kappa shape index (κ3) is 3.36. The van der Waals surface area contributed by atoms with E-state index in [9.17, 15) is 5.11 Å². The molecule has 0 heterocycles. The number of rotatable bonds is 3. The Bertz CT molecular complexity index is 681. The molecule has 0 amide bonds. The van der Waals surface area contributed by atoms with Crippen LogP contribution in [0.5, 0.6) is 5.75 Å². The summed E-state index contributed by atoms with van der Waals surface area (Å²) in [4.78, 5) is 4.28. The molecule has 0 radical (unpaired) electrons. The molecular formula is C15H13ClN2O2. The van der Waals surface area contributed by atoms with E-state index in [-0.39, 0.29) is 5.75 Å². The largest absolute Gasteiger partial charge is 0.507 e. The van der Waals surface area contributed by atoms with Gasteiger partial charge in [-0.15, -0.1) is 0 Å². The van der Waals surface area contributed by atoms with Gasteiger partial charge in [-0.25, -0.2) is 0 Å². The van der Waals surface area contributed by atoms with Crippen LogP contribution >= 0.6 is 11.6 Å². The molecule has 0 unspecified atom stereocenters. The van der Waals surface area contributed by atoms with Gasteiger partial charge in [0.1, 0.15) is 5.75 Å². The molecule has 2 rings (SSSR count). The number of aromatic hydroxyl groups is 1. The second kappa shape index (κ2) is 6.21. The quantitative estimate of drug-likeness (QED) is 0.509. The standard InChI is InChI=1S/C15H13ClN2O2/c1-10(18-20)11-3-2-4-14(8-11)17-9-12-7-13(16)5-6-15(12)19/h2-9,19-20H,1H3/b17-9?,18-10+. The first-order chi connectivity index (χ1) is 9.60. The summed E-state index contributed by atoms with van der Waals surface area (Å²) < 4.78 is 0. The van der Waals surface area contributed by atoms with Crippen molar-refractivity contribution in [3.63, 3.8) is 0 Å². The fraction of sp³-hybridized carbons (Fsp3) is 0.0667. The molecule has 0 bridgehead atoms. The third-order valence-corrected chi connectivity index (χ3v) is 2.99. The summed E-state index contributed by atoms with van der Waals surface area (Å²) in [5, 5.41) is 22.1. The first kappa shape index (κ1) is 14.1. The monoisotopic (exact) mass is 288 g/mol. The molecule has 0 aliphatic carbocycles. The normalized spacial score (nSPS) is 12.0. The smallest absolute Gasteiger partial charge is 0.124 e. The number of benzene rings is 2. The SMILES string of the molecule is C/C(=N\O)c1cccc(N=Cc2cc(Cl)ccc2O)c1. The van der Waals surface area contributed by atoms with Gasteiger partial charge in [-0.1, -0.05) is 28.9 Å². The van der Waals surface area contributed by atoms with Crippen molar-refractivity contribution in [1.82, 2.24) is 0 Å². The van der Waals surface area contributed by atoms with Gasteiger partial charge in [0.05, 0.1) is 11.4 Å². The molecule has 20 heavy (non-hydrogen) atoms. The molecule has 102 valence electrons. The van der Waals surface area contributed by atoms with Crippen molar-refractivity contribution < 1.29 is 10.3 Å². The fourth-order valence-corrected chi connectivity index (χ4v) is 1.82. The van der Waals surface area contributed by atoms with Crippen LogP contribution in [0.2, 0.25) is 5.02 Å². The summed E-state index contributed by atoms with van der Waals surface area (Å²) in [6.07, 6.45) is 1.53. The number of halogens is 1. The van der Waals surface area contributed by atoms with Crippen LogP contribution in [0.25, 0.3) is 0 Å². The topological polar surface area (TPSA) is 65.2 Å². The Kier molecular flexibility index (Phi) is 4.38. The van der Waals surface area contributed by atoms with Crippen molar-refractivity contribution in [1.29, 1.82) is 0 Å². The van der Waals surface area contributed by atoms with Crippen molar-refractivity contribution in [2.75, 3.05) is 0 Å². The van der Waals surface area contributed by atoms with Crippen LogP contribution in [0.15, 0.2) is 52.6 Å². The predicted octanol–water partition coefficient (Wildman–Crippen LogP) is 3.99. The Balaban J connectivity index is 2.30. The lowest BCUT2D eigenvalue weighted by molar-refractivity contribution is 0.319. The van der Waals surface area contributed by atoms with Gasteiger partial charge in [0, 0.05) is 22.4 Å². The van der Waals surface area contributed by atoms with Gasteiger partial charge in [-0.3, -0.25) is 4.99 Å². The maximum Gasteiger partial charge on any atom is 0.124 e. The van der Waals surface area contributed by atoms with E-state index in [1.165, 1.54) is 12.3 Å². The number of phenolic OH excluding ortho intramolecular Hbond substituents is 1. The molecule has 0 atom stereocenters. The first-order valence-corrected chi connectivity index (χ1v) is 6.29. The molecule has 0 spiro atoms. The Hall–Kier alpha value is -2.33. The van der Waals surface area contributed by atoms with Crippen LogP contribution in [-0.4, -0.2) is 22.2 Å². The van der Waals surface area contributed by atoms with Crippen LogP contribution in [-0.2, 0) is 0 Å². The zero-order valence-corrected chi connectivity index (χ0v) is 11.5. The predicted molar refractivity (Wildman–Crippen MR) is 80.8 cm³/mol. The van der Waals surface area contributed by atoms with Crippen LogP contribution in [0.4, 0.5) is 5.69 Å². The van der Waals surface area contributed by atoms with E-state index < -0.39 is 0 Å². The maximum atomic E-state index is 9.69. The van der Waals surface area contributed by atoms with E-state index in [0.29, 0.717) is 22.0 Å². The van der Waals surface area contributed by atoms with E-state index in [4.69, 9.17) is 16.8 Å². The van der Waals surface area contributed by atoms with Gasteiger partial charge < -0.3 is 10.3 Å². The second-order valence-electron chi connectivity index (χ2n) is 4.20. The van der Waals surface area contributed by atoms with Crippen molar-refractivity contribution in [2.45, 2.75) is 6.92 Å². The lowest BCUT2D eigenvalue weighted by atomic mass is 10.1. The molecule has 2 N–H and O–H groups in total. The number of hydrogen-bond acceptors (Lipinski definition) is 4. The summed E-state index contributed by atoms with van der Waals surface area (Å²) in [6, 6.07) is 12.0. The molecule has 0 saturated carbocycles. The van der Waals surface area contributed by atoms with E-state index in [1.54, 1.807) is 25.1 Å². The number of phenols is 1. The van der Waals surface area contributed by atoms with Crippen LogP contribution in [0.1, 0.15) is 18.1 Å². The summed E-state index contributed by atoms with van der Waals surface area (Å²) in [6.45, 7) is 1.70. The van der Waals surface area contributed by atoms with Gasteiger partial charge in [-0.2, -0.15) is 0 Å². The van der Waals surface area contributed by atoms with Crippen molar-refractivity contribution in [3.05, 3.63) is 58.6 Å². The lowest BCUT2D eigenvalue weighted by Crippen LogP contribution is -1.93. The highest BCUT2D eigenvalue weighted by molar-refractivity contribution is 6.30. The summed E-state index contributed by atoms with van der Waals surface area (Å²) in [5.74, 6) is 0.113. The Morgan fingerprint density at radius 1 is 1.20 bits per heavy atom. The number of hydrogen-bond donors (Lipinski definition) is 2. The molecule has 2 aromatic rings. The molecule has 0 saturated heterocycles. The van der Waals surface area contributed by atoms with E-state index in [2.05, 4.69) is 10.1 Å². The minimum atomic E-state index is 0.113. The summed E-state index contributed by atoms with van der Waals surface area (Å²) in [5.41, 5.74) is 2.51. The van der Waals surface area contributed by atoms with Gasteiger partial charge in [-0.05, 0) is 37.3 Å². The zero-order chi connectivity index (χ0) is 14.5. The van der Waals surface area contributed by atoms with Crippen molar-refractivity contribution >= 4 is 29.2 Å². The minimum Gasteiger partial charge on any atom is -0.507 e. The molecule has 5 heteroatoms. The van der Waals surface area contributed by atoms with Crippen molar-refractivity contribution in [2.24, 2.45) is 10.1 Å². The summed E-state index contributed by atoms with van der Waals surface area (Å²) in [7, 11) is 0. The molecular weight excluding hydrogens is 276 g/mol. The highest BCUT2D eigenvalue weighted by atomic mass is 35.5. The van der Waals surface area contributed by atoms with E-state index in [1.807, 2.05) is 18.2 Å². The van der Waals surface area contributed by atoms with Gasteiger partial charge >= 0.3 is 0 Å². The van der Waals surface area contributed by atoms with E-state index >= 15 is 0 Å². The van der Waals surface area contributed by atoms with Gasteiger partial charge in [0.25, 0.3) is 0 Å². The molecule has 0 aliphatic heterocycles. The maximum absolute atomic E-state index is 9.69. The Morgan fingerprint density at radius 3 is 2.75 bits per heavy atom. The van der Waals surface area contributed by atoms with E-state index in [0.717, 1.165) is 5.56 Å². The molecule has 0 aliphatic rings. The fourth-order valence-electron chi connectivity index (χ4n) is 1.64. The highest BCUT2D eigenvalue weighted by Gasteiger charge is 2.01. The molecule has 2 aromatic carbocycles. The second-order valence-corrected chi connectivity index (χ2v) is 4.63. The van der Waals surface area contributed by atoms with Crippen LogP contribution in [0.3, 0.4) is 0 Å². The average molecular weight is 289 g/mol. The average Bonchev–Trinajstić information content (AvgIpc) is 2.47. The number of oxime groups is 1. The summed E-state index contributed by atoms with van der Waals surface area (Å²) >= 11 is 5.87. The Labute approximate surface area is 121 Å². The van der Waals surface area contributed by atoms with Crippen molar-refractivity contribution in [3.8, 4) is 5.75 Å². The minimum absolute atomic E-state index is 0.113. The van der Waals surface area contributed by atoms with Gasteiger partial charge in [0.2, 0.25) is 0 Å². The number of aliphatic imine (C=N–C) groups is 1. The number of nitrogens with zero attached hydrogens (tertiary/aromatic N) is 2. The lowest BCUT2D eigenvalue weighted by Gasteiger charge is -2.01. The zero-order valence-electron chi connectivity index (χ0n) is 10.8. The Morgan fingerprint density at radius 2 is 2.00 bits per heavy atom.